The Morgan fingerprint density at radius 2 is 2.00 bits per heavy atom. The van der Waals surface area contributed by atoms with Crippen molar-refractivity contribution in [2.45, 2.75) is 13.8 Å². The van der Waals surface area contributed by atoms with Gasteiger partial charge in [-0.3, -0.25) is 4.68 Å². The fraction of sp³-hybridized carbons (Fsp3) is 0.300. The topological polar surface area (TPSA) is 43.8 Å². The Kier molecular flexibility index (Phi) is 1.55. The summed E-state index contributed by atoms with van der Waals surface area (Å²) in [6, 6.07) is 4.15. The van der Waals surface area contributed by atoms with E-state index in [0.717, 1.165) is 10.9 Å². The standard InChI is InChI=1S/C10H13N3/c1-6-4-5-8-9(7(6)2)10(11)12-13(8)3/h4-5H,1-3H3,(H2,11,12). The van der Waals surface area contributed by atoms with Gasteiger partial charge in [-0.15, -0.1) is 0 Å². The number of hydrogen-bond donors (Lipinski definition) is 1. The van der Waals surface area contributed by atoms with Crippen LogP contribution in [0.5, 0.6) is 0 Å². The van der Waals surface area contributed by atoms with Gasteiger partial charge < -0.3 is 5.73 Å². The Morgan fingerprint density at radius 3 is 2.69 bits per heavy atom. The largest absolute Gasteiger partial charge is 0.382 e. The minimum atomic E-state index is 0.624. The van der Waals surface area contributed by atoms with E-state index in [-0.39, 0.29) is 0 Å². The molecule has 3 heteroatoms. The Labute approximate surface area is 77.2 Å². The van der Waals surface area contributed by atoms with E-state index in [9.17, 15) is 0 Å². The molecule has 13 heavy (non-hydrogen) atoms. The molecule has 0 unspecified atom stereocenters. The van der Waals surface area contributed by atoms with Gasteiger partial charge in [-0.2, -0.15) is 5.10 Å². The Balaban J connectivity index is 2.98. The summed E-state index contributed by atoms with van der Waals surface area (Å²) in [7, 11) is 1.91. The van der Waals surface area contributed by atoms with Crippen LogP contribution in [0.3, 0.4) is 0 Å². The molecule has 2 aromatic rings. The summed E-state index contributed by atoms with van der Waals surface area (Å²) in [5.74, 6) is 0.624. The van der Waals surface area contributed by atoms with E-state index in [4.69, 9.17) is 5.73 Å². The van der Waals surface area contributed by atoms with Crippen LogP contribution in [0.25, 0.3) is 10.9 Å². The average molecular weight is 175 g/mol. The third-order valence-corrected chi connectivity index (χ3v) is 2.58. The third kappa shape index (κ3) is 1.00. The second-order valence-electron chi connectivity index (χ2n) is 3.41. The summed E-state index contributed by atoms with van der Waals surface area (Å²) >= 11 is 0. The first-order valence-electron chi connectivity index (χ1n) is 4.29. The zero-order chi connectivity index (χ0) is 9.59. The number of rotatable bonds is 0. The van der Waals surface area contributed by atoms with Gasteiger partial charge in [-0.05, 0) is 31.0 Å². The van der Waals surface area contributed by atoms with E-state index in [1.807, 2.05) is 11.7 Å². The highest BCUT2D eigenvalue weighted by atomic mass is 15.3. The predicted molar refractivity (Wildman–Crippen MR) is 54.6 cm³/mol. The second kappa shape index (κ2) is 2.49. The van der Waals surface area contributed by atoms with E-state index < -0.39 is 0 Å². The SMILES string of the molecule is Cc1ccc2c(c(N)nn2C)c1C. The molecule has 0 spiro atoms. The van der Waals surface area contributed by atoms with Gasteiger partial charge in [-0.25, -0.2) is 0 Å². The molecule has 0 aliphatic heterocycles. The number of hydrogen-bond acceptors (Lipinski definition) is 2. The van der Waals surface area contributed by atoms with Gasteiger partial charge in [0.2, 0.25) is 0 Å². The molecule has 1 heterocycles. The molecular formula is C10H13N3. The normalized spacial score (nSPS) is 11.0. The predicted octanol–water partition coefficient (Wildman–Crippen LogP) is 1.77. The zero-order valence-corrected chi connectivity index (χ0v) is 8.13. The highest BCUT2D eigenvalue weighted by molar-refractivity contribution is 5.92. The molecule has 2 rings (SSSR count). The molecule has 0 aliphatic carbocycles. The van der Waals surface area contributed by atoms with Gasteiger partial charge >= 0.3 is 0 Å². The third-order valence-electron chi connectivity index (χ3n) is 2.58. The van der Waals surface area contributed by atoms with Crippen molar-refractivity contribution in [3.8, 4) is 0 Å². The van der Waals surface area contributed by atoms with E-state index in [1.165, 1.54) is 11.1 Å². The molecule has 0 saturated carbocycles. The molecule has 1 aromatic carbocycles. The molecule has 0 saturated heterocycles. The van der Waals surface area contributed by atoms with E-state index in [1.54, 1.807) is 0 Å². The quantitative estimate of drug-likeness (QED) is 0.663. The number of aromatic nitrogens is 2. The first kappa shape index (κ1) is 8.10. The summed E-state index contributed by atoms with van der Waals surface area (Å²) in [6.07, 6.45) is 0. The van der Waals surface area contributed by atoms with Crippen LogP contribution in [-0.2, 0) is 7.05 Å². The maximum Gasteiger partial charge on any atom is 0.153 e. The Morgan fingerprint density at radius 1 is 1.31 bits per heavy atom. The smallest absolute Gasteiger partial charge is 0.153 e. The molecule has 0 fully saturated rings. The van der Waals surface area contributed by atoms with Crippen LogP contribution < -0.4 is 5.73 Å². The van der Waals surface area contributed by atoms with Crippen LogP contribution in [-0.4, -0.2) is 9.78 Å². The lowest BCUT2D eigenvalue weighted by atomic mass is 10.1. The highest BCUT2D eigenvalue weighted by Crippen LogP contribution is 2.25. The number of anilines is 1. The number of nitrogens with zero attached hydrogens (tertiary/aromatic N) is 2. The highest BCUT2D eigenvalue weighted by Gasteiger charge is 2.08. The molecule has 0 amide bonds. The first-order valence-corrected chi connectivity index (χ1v) is 4.29. The number of benzene rings is 1. The van der Waals surface area contributed by atoms with E-state index >= 15 is 0 Å². The van der Waals surface area contributed by atoms with Gasteiger partial charge in [0.1, 0.15) is 0 Å². The number of nitrogen functional groups attached to an aromatic ring is 1. The van der Waals surface area contributed by atoms with Crippen LogP contribution in [0.15, 0.2) is 12.1 Å². The van der Waals surface area contributed by atoms with Gasteiger partial charge in [-0.1, -0.05) is 6.07 Å². The van der Waals surface area contributed by atoms with Crippen LogP contribution in [0, 0.1) is 13.8 Å². The lowest BCUT2D eigenvalue weighted by molar-refractivity contribution is 0.802. The number of nitrogens with two attached hydrogens (primary N) is 1. The summed E-state index contributed by atoms with van der Waals surface area (Å²) < 4.78 is 1.82. The fourth-order valence-corrected chi connectivity index (χ4v) is 1.66. The summed E-state index contributed by atoms with van der Waals surface area (Å²) in [4.78, 5) is 0. The fourth-order valence-electron chi connectivity index (χ4n) is 1.66. The van der Waals surface area contributed by atoms with Crippen molar-refractivity contribution in [3.05, 3.63) is 23.3 Å². The van der Waals surface area contributed by atoms with Crippen molar-refractivity contribution >= 4 is 16.7 Å². The van der Waals surface area contributed by atoms with Crippen molar-refractivity contribution in [2.75, 3.05) is 5.73 Å². The molecule has 0 bridgehead atoms. The van der Waals surface area contributed by atoms with Crippen LogP contribution >= 0.6 is 0 Å². The monoisotopic (exact) mass is 175 g/mol. The first-order chi connectivity index (χ1) is 6.11. The number of fused-ring (bicyclic) bond motifs is 1. The molecule has 0 atom stereocenters. The maximum atomic E-state index is 5.81. The van der Waals surface area contributed by atoms with Gasteiger partial charge in [0.25, 0.3) is 0 Å². The van der Waals surface area contributed by atoms with Crippen LogP contribution in [0.1, 0.15) is 11.1 Å². The Hall–Kier alpha value is -1.51. The van der Waals surface area contributed by atoms with E-state index in [0.29, 0.717) is 5.82 Å². The molecular weight excluding hydrogens is 162 g/mol. The summed E-state index contributed by atoms with van der Waals surface area (Å²) in [6.45, 7) is 4.16. The van der Waals surface area contributed by atoms with Crippen molar-refractivity contribution in [3.63, 3.8) is 0 Å². The van der Waals surface area contributed by atoms with Crippen molar-refractivity contribution in [1.82, 2.24) is 9.78 Å². The molecule has 68 valence electrons. The lowest BCUT2D eigenvalue weighted by Crippen LogP contribution is -1.90. The van der Waals surface area contributed by atoms with Gasteiger partial charge in [0, 0.05) is 12.4 Å². The zero-order valence-electron chi connectivity index (χ0n) is 8.13. The second-order valence-corrected chi connectivity index (χ2v) is 3.41. The van der Waals surface area contributed by atoms with Crippen molar-refractivity contribution < 1.29 is 0 Å². The van der Waals surface area contributed by atoms with Crippen LogP contribution in [0.4, 0.5) is 5.82 Å². The summed E-state index contributed by atoms with van der Waals surface area (Å²) in [5.41, 5.74) is 9.39. The van der Waals surface area contributed by atoms with Crippen molar-refractivity contribution in [2.24, 2.45) is 7.05 Å². The lowest BCUT2D eigenvalue weighted by Gasteiger charge is -2.01. The molecule has 1 aromatic heterocycles. The van der Waals surface area contributed by atoms with Crippen LogP contribution in [0.2, 0.25) is 0 Å². The minimum absolute atomic E-state index is 0.624. The molecule has 0 aliphatic rings. The maximum absolute atomic E-state index is 5.81. The average Bonchev–Trinajstić information content (AvgIpc) is 2.35. The van der Waals surface area contributed by atoms with Gasteiger partial charge in [0.15, 0.2) is 5.82 Å². The summed E-state index contributed by atoms with van der Waals surface area (Å²) in [5, 5.41) is 5.27. The molecule has 0 radical (unpaired) electrons. The molecule has 2 N–H and O–H groups in total. The van der Waals surface area contributed by atoms with Crippen molar-refractivity contribution in [1.29, 1.82) is 0 Å². The molecule has 3 nitrogen and oxygen atoms in total. The van der Waals surface area contributed by atoms with Gasteiger partial charge in [0.05, 0.1) is 5.52 Å². The minimum Gasteiger partial charge on any atom is -0.382 e. The van der Waals surface area contributed by atoms with E-state index in [2.05, 4.69) is 31.1 Å². The Bertz CT molecular complexity index is 468. The number of aryl methyl sites for hydroxylation is 3.